The van der Waals surface area contributed by atoms with Gasteiger partial charge in [0.05, 0.1) is 12.8 Å². The summed E-state index contributed by atoms with van der Waals surface area (Å²) < 4.78 is 25.4. The first-order valence-electron chi connectivity index (χ1n) is 9.42. The Morgan fingerprint density at radius 3 is 2.56 bits per heavy atom. The summed E-state index contributed by atoms with van der Waals surface area (Å²) in [6.07, 6.45) is 5.88. The molecule has 1 aliphatic heterocycles. The summed E-state index contributed by atoms with van der Waals surface area (Å²) in [5.41, 5.74) is -0.658. The molecule has 0 aliphatic carbocycles. The van der Waals surface area contributed by atoms with Crippen LogP contribution in [0.15, 0.2) is 4.99 Å². The summed E-state index contributed by atoms with van der Waals surface area (Å²) in [4.78, 5) is 18.4. The summed E-state index contributed by atoms with van der Waals surface area (Å²) in [5, 5.41) is 6.41. The van der Waals surface area contributed by atoms with E-state index in [4.69, 9.17) is 0 Å². The Bertz CT molecular complexity index is 581. The molecule has 160 valence electrons. The number of aliphatic imine (C=N–C) groups is 1. The van der Waals surface area contributed by atoms with E-state index < -0.39 is 15.6 Å². The van der Waals surface area contributed by atoms with Gasteiger partial charge in [-0.1, -0.05) is 6.42 Å². The number of nitrogens with zero attached hydrogens (tertiary/aromatic N) is 2. The van der Waals surface area contributed by atoms with Crippen LogP contribution in [0.25, 0.3) is 0 Å². The van der Waals surface area contributed by atoms with Gasteiger partial charge in [0, 0.05) is 38.1 Å². The zero-order valence-corrected chi connectivity index (χ0v) is 20.2. The Morgan fingerprint density at radius 2 is 1.93 bits per heavy atom. The second kappa shape index (κ2) is 12.8. The fourth-order valence-corrected chi connectivity index (χ4v) is 3.97. The molecule has 27 heavy (non-hydrogen) atoms. The van der Waals surface area contributed by atoms with Crippen LogP contribution in [0.5, 0.6) is 0 Å². The molecule has 0 aromatic rings. The van der Waals surface area contributed by atoms with Crippen LogP contribution < -0.4 is 15.4 Å². The van der Waals surface area contributed by atoms with Gasteiger partial charge in [-0.05, 0) is 40.0 Å². The third-order valence-electron chi connectivity index (χ3n) is 4.01. The van der Waals surface area contributed by atoms with Gasteiger partial charge in [0.1, 0.15) is 0 Å². The van der Waals surface area contributed by atoms with Gasteiger partial charge in [-0.3, -0.25) is 9.79 Å². The molecule has 1 rings (SSSR count). The standard InChI is InChI=1S/C17H35N5O3S.HI/c1-5-18-16(20-14-17(2,3)21-26(4,24)25)19-11-9-13-22-12-8-6-7-10-15(22)23;/h21H,5-14H2,1-4H3,(H2,18,19,20);1H. The lowest BCUT2D eigenvalue weighted by atomic mass is 10.1. The summed E-state index contributed by atoms with van der Waals surface area (Å²) in [6.45, 7) is 8.93. The molecule has 0 saturated carbocycles. The Morgan fingerprint density at radius 1 is 1.22 bits per heavy atom. The number of carbonyl (C=O) groups is 1. The molecule has 8 nitrogen and oxygen atoms in total. The van der Waals surface area contributed by atoms with Crippen molar-refractivity contribution in [2.24, 2.45) is 4.99 Å². The van der Waals surface area contributed by atoms with Crippen LogP contribution >= 0.6 is 24.0 Å². The number of carbonyl (C=O) groups excluding carboxylic acids is 1. The fraction of sp³-hybridized carbons (Fsp3) is 0.882. The van der Waals surface area contributed by atoms with E-state index in [1.54, 1.807) is 13.8 Å². The minimum atomic E-state index is -3.28. The minimum Gasteiger partial charge on any atom is -0.357 e. The normalized spacial score (nSPS) is 16.5. The van der Waals surface area contributed by atoms with Crippen molar-refractivity contribution < 1.29 is 13.2 Å². The highest BCUT2D eigenvalue weighted by Crippen LogP contribution is 2.11. The van der Waals surface area contributed by atoms with Crippen LogP contribution in [-0.2, 0) is 14.8 Å². The molecule has 1 amide bonds. The summed E-state index contributed by atoms with van der Waals surface area (Å²) >= 11 is 0. The molecule has 1 aliphatic rings. The van der Waals surface area contributed by atoms with E-state index in [0.29, 0.717) is 25.5 Å². The van der Waals surface area contributed by atoms with Gasteiger partial charge in [0.25, 0.3) is 0 Å². The zero-order chi connectivity index (χ0) is 19.6. The van der Waals surface area contributed by atoms with Crippen molar-refractivity contribution in [3.05, 3.63) is 0 Å². The molecule has 3 N–H and O–H groups in total. The van der Waals surface area contributed by atoms with Gasteiger partial charge < -0.3 is 15.5 Å². The van der Waals surface area contributed by atoms with Crippen LogP contribution in [0.3, 0.4) is 0 Å². The first kappa shape index (κ1) is 26.4. The quantitative estimate of drug-likeness (QED) is 0.185. The minimum absolute atomic E-state index is 0. The predicted octanol–water partition coefficient (Wildman–Crippen LogP) is 1.28. The second-order valence-corrected chi connectivity index (χ2v) is 9.17. The number of guanidine groups is 1. The number of hydrogen-bond donors (Lipinski definition) is 3. The molecular formula is C17H36IN5O3S. The number of sulfonamides is 1. The van der Waals surface area contributed by atoms with E-state index in [-0.39, 0.29) is 29.9 Å². The fourth-order valence-electron chi connectivity index (χ4n) is 2.90. The van der Waals surface area contributed by atoms with Crippen molar-refractivity contribution in [2.75, 3.05) is 39.0 Å². The number of likely N-dealkylation sites (tertiary alicyclic amines) is 1. The Kier molecular flexibility index (Phi) is 12.5. The number of hydrogen-bond acceptors (Lipinski definition) is 4. The van der Waals surface area contributed by atoms with Crippen molar-refractivity contribution in [1.29, 1.82) is 0 Å². The van der Waals surface area contributed by atoms with Gasteiger partial charge in [-0.25, -0.2) is 13.1 Å². The molecule has 0 aromatic carbocycles. The smallest absolute Gasteiger partial charge is 0.222 e. The summed E-state index contributed by atoms with van der Waals surface area (Å²) in [7, 11) is -3.28. The molecule has 1 fully saturated rings. The van der Waals surface area contributed by atoms with E-state index in [9.17, 15) is 13.2 Å². The molecule has 10 heteroatoms. The van der Waals surface area contributed by atoms with Gasteiger partial charge in [-0.15, -0.1) is 24.0 Å². The van der Waals surface area contributed by atoms with Gasteiger partial charge >= 0.3 is 0 Å². The summed E-state index contributed by atoms with van der Waals surface area (Å²) in [6, 6.07) is 0. The van der Waals surface area contributed by atoms with Crippen LogP contribution in [0.1, 0.15) is 52.9 Å². The lowest BCUT2D eigenvalue weighted by molar-refractivity contribution is -0.130. The zero-order valence-electron chi connectivity index (χ0n) is 17.0. The second-order valence-electron chi connectivity index (χ2n) is 7.43. The maximum absolute atomic E-state index is 12.0. The highest BCUT2D eigenvalue weighted by Gasteiger charge is 2.22. The highest BCUT2D eigenvalue weighted by atomic mass is 127. The highest BCUT2D eigenvalue weighted by molar-refractivity contribution is 14.0. The molecule has 0 spiro atoms. The van der Waals surface area contributed by atoms with E-state index in [1.807, 2.05) is 11.8 Å². The van der Waals surface area contributed by atoms with Crippen LogP contribution in [0.4, 0.5) is 0 Å². The van der Waals surface area contributed by atoms with Gasteiger partial charge in [0.2, 0.25) is 15.9 Å². The van der Waals surface area contributed by atoms with Crippen molar-refractivity contribution >= 4 is 45.9 Å². The average molecular weight is 517 g/mol. The number of halogens is 1. The molecule has 0 radical (unpaired) electrons. The Labute approximate surface area is 181 Å². The first-order chi connectivity index (χ1) is 12.1. The SMILES string of the molecule is CCNC(=NCC(C)(C)NS(C)(=O)=O)NCCCN1CCCCCC1=O.I. The molecule has 0 aromatic heterocycles. The van der Waals surface area contributed by atoms with E-state index in [2.05, 4.69) is 20.3 Å². The van der Waals surface area contributed by atoms with E-state index >= 15 is 0 Å². The molecular weight excluding hydrogens is 481 g/mol. The third kappa shape index (κ3) is 12.5. The van der Waals surface area contributed by atoms with Crippen LogP contribution in [-0.4, -0.2) is 69.7 Å². The van der Waals surface area contributed by atoms with Crippen LogP contribution in [0, 0.1) is 0 Å². The van der Waals surface area contributed by atoms with E-state index in [0.717, 1.165) is 51.6 Å². The largest absolute Gasteiger partial charge is 0.357 e. The lowest BCUT2D eigenvalue weighted by Gasteiger charge is -2.24. The number of rotatable bonds is 9. The van der Waals surface area contributed by atoms with Crippen molar-refractivity contribution in [3.8, 4) is 0 Å². The first-order valence-corrected chi connectivity index (χ1v) is 11.3. The molecule has 0 unspecified atom stereocenters. The maximum atomic E-state index is 12.0. The van der Waals surface area contributed by atoms with Crippen molar-refractivity contribution in [3.63, 3.8) is 0 Å². The molecule has 0 bridgehead atoms. The average Bonchev–Trinajstić information content (AvgIpc) is 2.71. The topological polar surface area (TPSA) is 103 Å². The molecule has 1 heterocycles. The van der Waals surface area contributed by atoms with Crippen molar-refractivity contribution in [2.45, 2.75) is 58.4 Å². The number of nitrogens with one attached hydrogen (secondary N) is 3. The van der Waals surface area contributed by atoms with Gasteiger partial charge in [-0.2, -0.15) is 0 Å². The lowest BCUT2D eigenvalue weighted by Crippen LogP contribution is -2.47. The Hall–Kier alpha value is -0.620. The van der Waals surface area contributed by atoms with Gasteiger partial charge in [0.15, 0.2) is 5.96 Å². The summed E-state index contributed by atoms with van der Waals surface area (Å²) in [5.74, 6) is 0.912. The maximum Gasteiger partial charge on any atom is 0.222 e. The predicted molar refractivity (Wildman–Crippen MR) is 121 cm³/mol. The molecule has 1 saturated heterocycles. The monoisotopic (exact) mass is 517 g/mol. The Balaban J connectivity index is 0.00000676. The van der Waals surface area contributed by atoms with E-state index in [1.165, 1.54) is 0 Å². The molecule has 0 atom stereocenters. The van der Waals surface area contributed by atoms with Crippen LogP contribution in [0.2, 0.25) is 0 Å². The third-order valence-corrected chi connectivity index (χ3v) is 4.93. The van der Waals surface area contributed by atoms with Crippen molar-refractivity contribution in [1.82, 2.24) is 20.3 Å². The number of amides is 1.